The summed E-state index contributed by atoms with van der Waals surface area (Å²) < 4.78 is 25.7. The van der Waals surface area contributed by atoms with Crippen LogP contribution in [0.2, 0.25) is 5.02 Å². The Morgan fingerprint density at radius 2 is 2.19 bits per heavy atom. The number of thiazole rings is 1. The van der Waals surface area contributed by atoms with Crippen LogP contribution >= 0.6 is 22.9 Å². The van der Waals surface area contributed by atoms with Crippen LogP contribution in [0, 0.1) is 0 Å². The number of sulfone groups is 1. The van der Waals surface area contributed by atoms with Gasteiger partial charge in [0.2, 0.25) is 14.2 Å². The monoisotopic (exact) mass is 340 g/mol. The van der Waals surface area contributed by atoms with E-state index in [1.165, 1.54) is 11.3 Å². The first-order valence-corrected chi connectivity index (χ1v) is 9.25. The normalized spacial score (nSPS) is 15.0. The van der Waals surface area contributed by atoms with Crippen molar-refractivity contribution in [1.29, 1.82) is 0 Å². The van der Waals surface area contributed by atoms with Gasteiger partial charge in [-0.1, -0.05) is 23.8 Å². The summed E-state index contributed by atoms with van der Waals surface area (Å²) in [4.78, 5) is 6.16. The average molecular weight is 341 g/mol. The molecular weight excluding hydrogens is 328 g/mol. The number of fused-ring (bicyclic) bond motifs is 1. The molecule has 0 aliphatic carbocycles. The molecule has 1 aromatic heterocycles. The Balaban J connectivity index is 1.79. The van der Waals surface area contributed by atoms with Gasteiger partial charge >= 0.3 is 0 Å². The lowest BCUT2D eigenvalue weighted by Gasteiger charge is -2.19. The molecule has 0 atom stereocenters. The van der Waals surface area contributed by atoms with E-state index in [0.29, 0.717) is 17.1 Å². The zero-order chi connectivity index (χ0) is 14.9. The van der Waals surface area contributed by atoms with Crippen LogP contribution in [0.25, 0.3) is 10.2 Å². The average Bonchev–Trinajstić information content (AvgIpc) is 2.90. The van der Waals surface area contributed by atoms with Gasteiger partial charge in [0, 0.05) is 18.1 Å². The van der Waals surface area contributed by atoms with E-state index in [9.17, 15) is 8.42 Å². The maximum absolute atomic E-state index is 12.4. The summed E-state index contributed by atoms with van der Waals surface area (Å²) in [6, 6.07) is 5.22. The predicted molar refractivity (Wildman–Crippen MR) is 86.5 cm³/mol. The standard InChI is InChI=1S/C14H13ClN2O2S2/c15-11-4-5-13-12(10-11)16-14(20-13)21(18,19)9-8-17-6-2-1-3-7-17/h1-6,10H,7-9H2. The molecule has 7 heteroatoms. The highest BCUT2D eigenvalue weighted by Crippen LogP contribution is 2.28. The lowest BCUT2D eigenvalue weighted by atomic mass is 10.3. The molecule has 0 N–H and O–H groups in total. The van der Waals surface area contributed by atoms with E-state index >= 15 is 0 Å². The predicted octanol–water partition coefficient (Wildman–Crippen LogP) is 3.11. The van der Waals surface area contributed by atoms with E-state index in [1.807, 2.05) is 29.3 Å². The molecule has 1 aliphatic rings. The molecule has 1 aliphatic heterocycles. The summed E-state index contributed by atoms with van der Waals surface area (Å²) in [7, 11) is -3.37. The van der Waals surface area contributed by atoms with Gasteiger partial charge in [-0.2, -0.15) is 0 Å². The van der Waals surface area contributed by atoms with Gasteiger partial charge in [0.25, 0.3) is 0 Å². The van der Waals surface area contributed by atoms with Crippen molar-refractivity contribution in [3.8, 4) is 0 Å². The minimum atomic E-state index is -3.37. The summed E-state index contributed by atoms with van der Waals surface area (Å²) in [5, 5.41) is 0.557. The summed E-state index contributed by atoms with van der Waals surface area (Å²) in [5.41, 5.74) is 0.631. The van der Waals surface area contributed by atoms with Gasteiger partial charge < -0.3 is 4.90 Å². The first-order valence-electron chi connectivity index (χ1n) is 6.41. The maximum Gasteiger partial charge on any atom is 0.210 e. The lowest BCUT2D eigenvalue weighted by Crippen LogP contribution is -2.26. The zero-order valence-electron chi connectivity index (χ0n) is 11.1. The lowest BCUT2D eigenvalue weighted by molar-refractivity contribution is 0.434. The zero-order valence-corrected chi connectivity index (χ0v) is 13.5. The fourth-order valence-electron chi connectivity index (χ4n) is 2.01. The quantitative estimate of drug-likeness (QED) is 0.858. The van der Waals surface area contributed by atoms with Gasteiger partial charge in [0.05, 0.1) is 16.0 Å². The van der Waals surface area contributed by atoms with E-state index < -0.39 is 9.84 Å². The molecule has 0 saturated carbocycles. The van der Waals surface area contributed by atoms with Crippen LogP contribution in [0.5, 0.6) is 0 Å². The van der Waals surface area contributed by atoms with E-state index in [1.54, 1.807) is 18.2 Å². The Labute approximate surface area is 132 Å². The van der Waals surface area contributed by atoms with Crippen molar-refractivity contribution in [2.75, 3.05) is 18.8 Å². The molecule has 2 heterocycles. The summed E-state index contributed by atoms with van der Waals surface area (Å²) in [5.74, 6) is 0.0543. The highest BCUT2D eigenvalue weighted by atomic mass is 35.5. The van der Waals surface area contributed by atoms with E-state index in [4.69, 9.17) is 11.6 Å². The first kappa shape index (κ1) is 14.6. The highest BCUT2D eigenvalue weighted by Gasteiger charge is 2.20. The van der Waals surface area contributed by atoms with Gasteiger partial charge in [-0.25, -0.2) is 13.4 Å². The van der Waals surface area contributed by atoms with E-state index in [2.05, 4.69) is 4.98 Å². The van der Waals surface area contributed by atoms with Crippen LogP contribution < -0.4 is 0 Å². The molecule has 0 unspecified atom stereocenters. The second-order valence-electron chi connectivity index (χ2n) is 4.68. The van der Waals surface area contributed by atoms with Crippen molar-refractivity contribution in [2.45, 2.75) is 4.34 Å². The molecule has 0 fully saturated rings. The number of benzene rings is 1. The van der Waals surface area contributed by atoms with Crippen LogP contribution in [-0.4, -0.2) is 37.1 Å². The molecule has 4 nitrogen and oxygen atoms in total. The van der Waals surface area contributed by atoms with Crippen molar-refractivity contribution in [3.05, 3.63) is 47.6 Å². The number of hydrogen-bond donors (Lipinski definition) is 0. The van der Waals surface area contributed by atoms with Gasteiger partial charge in [-0.3, -0.25) is 0 Å². The number of rotatable bonds is 4. The second kappa shape index (κ2) is 5.79. The van der Waals surface area contributed by atoms with Gasteiger partial charge in [-0.15, -0.1) is 11.3 Å². The minimum absolute atomic E-state index is 0.0543. The van der Waals surface area contributed by atoms with E-state index in [0.717, 1.165) is 11.2 Å². The van der Waals surface area contributed by atoms with Gasteiger partial charge in [0.15, 0.2) is 0 Å². The smallest absolute Gasteiger partial charge is 0.210 e. The molecule has 0 spiro atoms. The Morgan fingerprint density at radius 1 is 1.33 bits per heavy atom. The topological polar surface area (TPSA) is 50.3 Å². The Kier molecular flexibility index (Phi) is 4.01. The SMILES string of the molecule is O=S(=O)(CCN1C=CC=CC1)c1nc2cc(Cl)ccc2s1. The molecule has 3 rings (SSSR count). The summed E-state index contributed by atoms with van der Waals surface area (Å²) >= 11 is 7.09. The molecule has 0 amide bonds. The van der Waals surface area contributed by atoms with Crippen LogP contribution in [0.4, 0.5) is 0 Å². The molecule has 1 aromatic carbocycles. The first-order chi connectivity index (χ1) is 10.0. The van der Waals surface area contributed by atoms with Crippen LogP contribution in [0.1, 0.15) is 0 Å². The third kappa shape index (κ3) is 3.28. The summed E-state index contributed by atoms with van der Waals surface area (Å²) in [6.07, 6.45) is 7.73. The highest BCUT2D eigenvalue weighted by molar-refractivity contribution is 7.93. The number of nitrogens with zero attached hydrogens (tertiary/aromatic N) is 2. The van der Waals surface area contributed by atoms with Gasteiger partial charge in [-0.05, 0) is 30.5 Å². The summed E-state index contributed by atoms with van der Waals surface area (Å²) in [6.45, 7) is 1.20. The fourth-order valence-corrected chi connectivity index (χ4v) is 4.77. The molecule has 21 heavy (non-hydrogen) atoms. The largest absolute Gasteiger partial charge is 0.373 e. The fraction of sp³-hybridized carbons (Fsp3) is 0.214. The molecule has 2 aromatic rings. The Hall–Kier alpha value is -1.37. The molecule has 0 bridgehead atoms. The van der Waals surface area contributed by atoms with Gasteiger partial charge in [0.1, 0.15) is 0 Å². The minimum Gasteiger partial charge on any atom is -0.373 e. The Bertz CT molecular complexity index is 825. The molecule has 110 valence electrons. The van der Waals surface area contributed by atoms with Crippen LogP contribution in [-0.2, 0) is 9.84 Å². The number of aromatic nitrogens is 1. The van der Waals surface area contributed by atoms with Crippen molar-refractivity contribution < 1.29 is 8.42 Å². The molecule has 0 radical (unpaired) electrons. The molecular formula is C14H13ClN2O2S2. The third-order valence-corrected chi connectivity index (χ3v) is 6.55. The van der Waals surface area contributed by atoms with Crippen molar-refractivity contribution in [3.63, 3.8) is 0 Å². The van der Waals surface area contributed by atoms with Crippen molar-refractivity contribution in [2.24, 2.45) is 0 Å². The van der Waals surface area contributed by atoms with E-state index in [-0.39, 0.29) is 10.1 Å². The van der Waals surface area contributed by atoms with Crippen molar-refractivity contribution >= 4 is 43.0 Å². The third-order valence-electron chi connectivity index (χ3n) is 3.13. The van der Waals surface area contributed by atoms with Crippen molar-refractivity contribution in [1.82, 2.24) is 9.88 Å². The second-order valence-corrected chi connectivity index (χ2v) is 8.43. The van der Waals surface area contributed by atoms with Crippen LogP contribution in [0.3, 0.4) is 0 Å². The molecule has 0 saturated heterocycles. The number of halogens is 1. The Morgan fingerprint density at radius 3 is 2.95 bits per heavy atom. The number of allylic oxidation sites excluding steroid dienone is 2. The number of hydrogen-bond acceptors (Lipinski definition) is 5. The maximum atomic E-state index is 12.4. The van der Waals surface area contributed by atoms with Crippen LogP contribution in [0.15, 0.2) is 47.0 Å².